The van der Waals surface area contributed by atoms with E-state index in [1.165, 1.54) is 12.1 Å². The maximum atomic E-state index is 12.9. The van der Waals surface area contributed by atoms with Gasteiger partial charge in [-0.05, 0) is 24.3 Å². The van der Waals surface area contributed by atoms with Crippen molar-refractivity contribution in [1.29, 1.82) is 0 Å². The molecule has 2 aromatic rings. The van der Waals surface area contributed by atoms with E-state index in [1.807, 2.05) is 0 Å². The van der Waals surface area contributed by atoms with Gasteiger partial charge in [-0.1, -0.05) is 29.3 Å². The molecular formula is C13H10Cl2FNO. The topological polar surface area (TPSA) is 35.2 Å². The zero-order valence-electron chi connectivity index (χ0n) is 9.29. The second-order valence-electron chi connectivity index (χ2n) is 3.71. The molecule has 94 valence electrons. The van der Waals surface area contributed by atoms with E-state index >= 15 is 0 Å². The van der Waals surface area contributed by atoms with Crippen LogP contribution in [0.25, 0.3) is 0 Å². The average molecular weight is 286 g/mol. The highest BCUT2D eigenvalue weighted by Crippen LogP contribution is 2.27. The van der Waals surface area contributed by atoms with Crippen molar-refractivity contribution in [2.45, 2.75) is 6.61 Å². The van der Waals surface area contributed by atoms with Gasteiger partial charge in [-0.15, -0.1) is 0 Å². The van der Waals surface area contributed by atoms with E-state index in [1.54, 1.807) is 24.3 Å². The van der Waals surface area contributed by atoms with Gasteiger partial charge in [0.25, 0.3) is 0 Å². The minimum atomic E-state index is -0.370. The van der Waals surface area contributed by atoms with E-state index in [-0.39, 0.29) is 12.4 Å². The Kier molecular flexibility index (Phi) is 3.94. The van der Waals surface area contributed by atoms with Gasteiger partial charge in [0, 0.05) is 17.3 Å². The third kappa shape index (κ3) is 3.06. The molecule has 0 unspecified atom stereocenters. The number of anilines is 1. The molecular weight excluding hydrogens is 276 g/mol. The van der Waals surface area contributed by atoms with Crippen LogP contribution >= 0.6 is 23.2 Å². The van der Waals surface area contributed by atoms with Crippen molar-refractivity contribution in [2.24, 2.45) is 0 Å². The predicted octanol–water partition coefficient (Wildman–Crippen LogP) is 4.29. The normalized spacial score (nSPS) is 10.4. The predicted molar refractivity (Wildman–Crippen MR) is 71.6 cm³/mol. The molecule has 2 aromatic carbocycles. The van der Waals surface area contributed by atoms with E-state index in [0.29, 0.717) is 27.0 Å². The summed E-state index contributed by atoms with van der Waals surface area (Å²) < 4.78 is 18.4. The first-order valence-electron chi connectivity index (χ1n) is 5.18. The van der Waals surface area contributed by atoms with Gasteiger partial charge < -0.3 is 10.5 Å². The number of nitrogen functional groups attached to an aromatic ring is 1. The number of nitrogens with two attached hydrogens (primary N) is 1. The lowest BCUT2D eigenvalue weighted by Gasteiger charge is -2.09. The lowest BCUT2D eigenvalue weighted by molar-refractivity contribution is 0.307. The highest BCUT2D eigenvalue weighted by molar-refractivity contribution is 6.42. The van der Waals surface area contributed by atoms with E-state index in [9.17, 15) is 4.39 Å². The number of ether oxygens (including phenoxy) is 1. The summed E-state index contributed by atoms with van der Waals surface area (Å²) >= 11 is 11.7. The lowest BCUT2D eigenvalue weighted by Crippen LogP contribution is -2.00. The van der Waals surface area contributed by atoms with Crippen molar-refractivity contribution in [3.05, 3.63) is 57.8 Å². The van der Waals surface area contributed by atoms with Crippen LogP contribution in [0.5, 0.6) is 5.75 Å². The summed E-state index contributed by atoms with van der Waals surface area (Å²) in [4.78, 5) is 0. The number of rotatable bonds is 3. The molecule has 0 aliphatic heterocycles. The molecule has 0 amide bonds. The quantitative estimate of drug-likeness (QED) is 0.854. The third-order valence-electron chi connectivity index (χ3n) is 2.39. The molecule has 0 atom stereocenters. The zero-order valence-corrected chi connectivity index (χ0v) is 10.8. The van der Waals surface area contributed by atoms with Crippen molar-refractivity contribution < 1.29 is 9.13 Å². The molecule has 0 aromatic heterocycles. The van der Waals surface area contributed by atoms with Crippen LogP contribution in [0.4, 0.5) is 10.1 Å². The maximum absolute atomic E-state index is 12.9. The first-order valence-corrected chi connectivity index (χ1v) is 5.93. The zero-order chi connectivity index (χ0) is 13.1. The number of benzene rings is 2. The Balaban J connectivity index is 2.09. The van der Waals surface area contributed by atoms with Gasteiger partial charge in [0.05, 0.1) is 10.0 Å². The monoisotopic (exact) mass is 285 g/mol. The number of hydrogen-bond donors (Lipinski definition) is 1. The van der Waals surface area contributed by atoms with Crippen LogP contribution in [0.15, 0.2) is 36.4 Å². The Morgan fingerprint density at radius 1 is 1.06 bits per heavy atom. The van der Waals surface area contributed by atoms with Crippen molar-refractivity contribution in [1.82, 2.24) is 0 Å². The van der Waals surface area contributed by atoms with Gasteiger partial charge in [-0.2, -0.15) is 0 Å². The second-order valence-corrected chi connectivity index (χ2v) is 4.52. The summed E-state index contributed by atoms with van der Waals surface area (Å²) in [6.45, 7) is 0.240. The molecule has 0 aliphatic rings. The van der Waals surface area contributed by atoms with Crippen molar-refractivity contribution in [2.75, 3.05) is 5.73 Å². The molecule has 0 fully saturated rings. The van der Waals surface area contributed by atoms with Crippen molar-refractivity contribution >= 4 is 28.9 Å². The van der Waals surface area contributed by atoms with Crippen LogP contribution < -0.4 is 10.5 Å². The van der Waals surface area contributed by atoms with Crippen molar-refractivity contribution in [3.63, 3.8) is 0 Å². The first kappa shape index (κ1) is 13.0. The highest BCUT2D eigenvalue weighted by Gasteiger charge is 2.04. The van der Waals surface area contributed by atoms with E-state index in [2.05, 4.69) is 0 Å². The molecule has 0 heterocycles. The van der Waals surface area contributed by atoms with Crippen LogP contribution in [0.1, 0.15) is 5.56 Å². The molecule has 0 radical (unpaired) electrons. The van der Waals surface area contributed by atoms with Gasteiger partial charge in [0.1, 0.15) is 18.2 Å². The van der Waals surface area contributed by atoms with Gasteiger partial charge in [-0.3, -0.25) is 0 Å². The van der Waals surface area contributed by atoms with Gasteiger partial charge in [0.15, 0.2) is 0 Å². The summed E-state index contributed by atoms with van der Waals surface area (Å²) in [5.74, 6) is 0.207. The largest absolute Gasteiger partial charge is 0.489 e. The van der Waals surface area contributed by atoms with E-state index in [0.717, 1.165) is 0 Å². The minimum absolute atomic E-state index is 0.240. The Morgan fingerprint density at radius 3 is 2.50 bits per heavy atom. The highest BCUT2D eigenvalue weighted by atomic mass is 35.5. The molecule has 0 spiro atoms. The third-order valence-corrected chi connectivity index (χ3v) is 3.13. The Bertz CT molecular complexity index is 575. The summed E-state index contributed by atoms with van der Waals surface area (Å²) in [7, 11) is 0. The molecule has 2 rings (SSSR count). The number of hydrogen-bond acceptors (Lipinski definition) is 2. The van der Waals surface area contributed by atoms with Crippen LogP contribution in [-0.4, -0.2) is 0 Å². The van der Waals surface area contributed by atoms with E-state index < -0.39 is 0 Å². The molecule has 18 heavy (non-hydrogen) atoms. The summed E-state index contributed by atoms with van der Waals surface area (Å²) in [6.07, 6.45) is 0. The van der Waals surface area contributed by atoms with Gasteiger partial charge in [0.2, 0.25) is 0 Å². The average Bonchev–Trinajstić information content (AvgIpc) is 2.32. The fourth-order valence-electron chi connectivity index (χ4n) is 1.42. The smallest absolute Gasteiger partial charge is 0.125 e. The van der Waals surface area contributed by atoms with E-state index in [4.69, 9.17) is 33.7 Å². The Labute approximate surface area is 114 Å². The molecule has 0 bridgehead atoms. The molecule has 0 aliphatic carbocycles. The van der Waals surface area contributed by atoms with Gasteiger partial charge in [-0.25, -0.2) is 4.39 Å². The second kappa shape index (κ2) is 5.46. The lowest BCUT2D eigenvalue weighted by atomic mass is 10.2. The summed E-state index contributed by atoms with van der Waals surface area (Å²) in [5.41, 5.74) is 6.74. The molecule has 0 saturated heterocycles. The summed E-state index contributed by atoms with van der Waals surface area (Å²) in [5, 5.41) is 0.881. The van der Waals surface area contributed by atoms with Gasteiger partial charge >= 0.3 is 0 Å². The summed E-state index contributed by atoms with van der Waals surface area (Å²) in [6, 6.07) is 9.14. The molecule has 2 N–H and O–H groups in total. The number of halogens is 3. The van der Waals surface area contributed by atoms with Crippen LogP contribution in [-0.2, 0) is 6.61 Å². The van der Waals surface area contributed by atoms with Crippen LogP contribution in [0.3, 0.4) is 0 Å². The minimum Gasteiger partial charge on any atom is -0.489 e. The maximum Gasteiger partial charge on any atom is 0.125 e. The fraction of sp³-hybridized carbons (Fsp3) is 0.0769. The molecule has 2 nitrogen and oxygen atoms in total. The van der Waals surface area contributed by atoms with Crippen LogP contribution in [0, 0.1) is 5.82 Å². The SMILES string of the molecule is Nc1cc(F)ccc1COc1ccc(Cl)c(Cl)c1. The standard InChI is InChI=1S/C13H10Cl2FNO/c14-11-4-3-10(6-12(11)15)18-7-8-1-2-9(16)5-13(8)17/h1-6H,7,17H2. The molecule has 0 saturated carbocycles. The van der Waals surface area contributed by atoms with Crippen LogP contribution in [0.2, 0.25) is 10.0 Å². The first-order chi connectivity index (χ1) is 8.56. The molecule has 5 heteroatoms. The fourth-order valence-corrected chi connectivity index (χ4v) is 1.71. The van der Waals surface area contributed by atoms with Crippen molar-refractivity contribution in [3.8, 4) is 5.75 Å². The Morgan fingerprint density at radius 2 is 1.83 bits per heavy atom. The Hall–Kier alpha value is -1.45.